The first-order valence-corrected chi connectivity index (χ1v) is 9.14. The van der Waals surface area contributed by atoms with Crippen molar-refractivity contribution in [1.82, 2.24) is 5.32 Å². The van der Waals surface area contributed by atoms with Gasteiger partial charge >= 0.3 is 0 Å². The predicted molar refractivity (Wildman–Crippen MR) is 95.1 cm³/mol. The first-order valence-electron chi connectivity index (χ1n) is 7.97. The van der Waals surface area contributed by atoms with E-state index in [1.165, 1.54) is 32.1 Å². The van der Waals surface area contributed by atoms with E-state index in [1.807, 2.05) is 30.3 Å². The molecule has 0 amide bonds. The zero-order valence-corrected chi connectivity index (χ0v) is 14.9. The van der Waals surface area contributed by atoms with Gasteiger partial charge in [0.2, 0.25) is 0 Å². The molecule has 118 valence electrons. The third-order valence-corrected chi connectivity index (χ3v) is 5.12. The van der Waals surface area contributed by atoms with Gasteiger partial charge in [0.15, 0.2) is 0 Å². The zero-order valence-electron chi connectivity index (χ0n) is 12.6. The maximum Gasteiger partial charge on any atom is 0.135 e. The average Bonchev–Trinajstić information content (AvgIpc) is 2.97. The normalized spacial score (nSPS) is 16.1. The predicted octanol–water partition coefficient (Wildman–Crippen LogP) is 6.03. The van der Waals surface area contributed by atoms with Crippen molar-refractivity contribution in [2.24, 2.45) is 5.92 Å². The summed E-state index contributed by atoms with van der Waals surface area (Å²) in [5.74, 6) is 2.63. The summed E-state index contributed by atoms with van der Waals surface area (Å²) < 4.78 is 6.89. The van der Waals surface area contributed by atoms with Crippen LogP contribution in [0.4, 0.5) is 0 Å². The van der Waals surface area contributed by atoms with Crippen molar-refractivity contribution in [2.75, 3.05) is 6.54 Å². The second-order valence-electron chi connectivity index (χ2n) is 6.03. The lowest BCUT2D eigenvalue weighted by molar-refractivity contribution is 0.337. The minimum Gasteiger partial charge on any atom is -0.460 e. The summed E-state index contributed by atoms with van der Waals surface area (Å²) in [5, 5.41) is 4.23. The smallest absolute Gasteiger partial charge is 0.135 e. The number of halogens is 2. The van der Waals surface area contributed by atoms with Gasteiger partial charge in [0.25, 0.3) is 0 Å². The van der Waals surface area contributed by atoms with Crippen molar-refractivity contribution >= 4 is 27.5 Å². The fourth-order valence-corrected chi connectivity index (χ4v) is 3.86. The second kappa shape index (κ2) is 7.67. The Kier molecular flexibility index (Phi) is 5.61. The van der Waals surface area contributed by atoms with Gasteiger partial charge in [-0.3, -0.25) is 0 Å². The molecule has 4 heteroatoms. The van der Waals surface area contributed by atoms with Gasteiger partial charge in [-0.05, 0) is 55.6 Å². The van der Waals surface area contributed by atoms with Gasteiger partial charge in [-0.1, -0.05) is 46.8 Å². The molecular formula is C18H21BrClNO. The molecule has 0 unspecified atom stereocenters. The first-order chi connectivity index (χ1) is 10.7. The van der Waals surface area contributed by atoms with Crippen LogP contribution in [0.5, 0.6) is 0 Å². The number of hydrogen-bond acceptors (Lipinski definition) is 2. The molecule has 0 atom stereocenters. The molecule has 22 heavy (non-hydrogen) atoms. The molecule has 0 bridgehead atoms. The molecule has 1 aliphatic carbocycles. The highest BCUT2D eigenvalue weighted by Crippen LogP contribution is 2.31. The van der Waals surface area contributed by atoms with Gasteiger partial charge in [-0.15, -0.1) is 0 Å². The van der Waals surface area contributed by atoms with Crippen LogP contribution in [0.15, 0.2) is 39.2 Å². The summed E-state index contributed by atoms with van der Waals surface area (Å²) in [4.78, 5) is 0. The van der Waals surface area contributed by atoms with E-state index >= 15 is 0 Å². The Morgan fingerprint density at radius 1 is 1.14 bits per heavy atom. The molecule has 0 saturated heterocycles. The van der Waals surface area contributed by atoms with Crippen molar-refractivity contribution in [3.05, 3.63) is 45.6 Å². The lowest BCUT2D eigenvalue weighted by atomic mass is 9.89. The fourth-order valence-electron chi connectivity index (χ4n) is 3.10. The molecule has 2 aromatic rings. The van der Waals surface area contributed by atoms with Crippen LogP contribution in [-0.4, -0.2) is 6.54 Å². The highest BCUT2D eigenvalue weighted by Gasteiger charge is 2.13. The summed E-state index contributed by atoms with van der Waals surface area (Å²) in [6.45, 7) is 1.87. The standard InChI is InChI=1S/C18H21BrClNO/c19-14-6-8-16(17(20)10-14)18-9-7-15(22-18)12-21-11-13-4-2-1-3-5-13/h6-10,13,21H,1-5,11-12H2. The van der Waals surface area contributed by atoms with Crippen LogP contribution in [0.2, 0.25) is 5.02 Å². The van der Waals surface area contributed by atoms with Gasteiger partial charge in [0.05, 0.1) is 11.6 Å². The van der Waals surface area contributed by atoms with Crippen LogP contribution < -0.4 is 5.32 Å². The molecule has 1 saturated carbocycles. The summed E-state index contributed by atoms with van der Waals surface area (Å²) in [6.07, 6.45) is 6.92. The number of hydrogen-bond donors (Lipinski definition) is 1. The van der Waals surface area contributed by atoms with E-state index in [0.717, 1.165) is 40.6 Å². The van der Waals surface area contributed by atoms with E-state index in [-0.39, 0.29) is 0 Å². The Bertz CT molecular complexity index is 619. The van der Waals surface area contributed by atoms with E-state index in [1.54, 1.807) is 0 Å². The van der Waals surface area contributed by atoms with Crippen molar-refractivity contribution in [3.63, 3.8) is 0 Å². The largest absolute Gasteiger partial charge is 0.460 e. The van der Waals surface area contributed by atoms with Crippen LogP contribution in [-0.2, 0) is 6.54 Å². The molecule has 1 heterocycles. The monoisotopic (exact) mass is 381 g/mol. The second-order valence-corrected chi connectivity index (χ2v) is 7.35. The van der Waals surface area contributed by atoms with Gasteiger partial charge in [-0.25, -0.2) is 0 Å². The van der Waals surface area contributed by atoms with Crippen LogP contribution in [0.1, 0.15) is 37.9 Å². The van der Waals surface area contributed by atoms with E-state index in [2.05, 4.69) is 21.2 Å². The molecule has 0 radical (unpaired) electrons. The zero-order chi connectivity index (χ0) is 15.4. The Balaban J connectivity index is 1.56. The lowest BCUT2D eigenvalue weighted by Crippen LogP contribution is -2.23. The SMILES string of the molecule is Clc1cc(Br)ccc1-c1ccc(CNCC2CCCCC2)o1. The molecule has 1 aromatic carbocycles. The van der Waals surface area contributed by atoms with Crippen LogP contribution in [0.3, 0.4) is 0 Å². The number of nitrogens with one attached hydrogen (secondary N) is 1. The summed E-state index contributed by atoms with van der Waals surface area (Å²) in [5.41, 5.74) is 0.934. The van der Waals surface area contributed by atoms with Crippen molar-refractivity contribution < 1.29 is 4.42 Å². The molecule has 1 aromatic heterocycles. The lowest BCUT2D eigenvalue weighted by Gasteiger charge is -2.21. The molecule has 1 N–H and O–H groups in total. The highest BCUT2D eigenvalue weighted by atomic mass is 79.9. The molecular weight excluding hydrogens is 362 g/mol. The van der Waals surface area contributed by atoms with E-state index < -0.39 is 0 Å². The third-order valence-electron chi connectivity index (χ3n) is 4.32. The quantitative estimate of drug-likeness (QED) is 0.682. The minimum absolute atomic E-state index is 0.699. The van der Waals surface area contributed by atoms with Gasteiger partial charge < -0.3 is 9.73 Å². The highest BCUT2D eigenvalue weighted by molar-refractivity contribution is 9.10. The minimum atomic E-state index is 0.699. The molecule has 0 spiro atoms. The van der Waals surface area contributed by atoms with E-state index in [4.69, 9.17) is 16.0 Å². The Morgan fingerprint density at radius 3 is 2.73 bits per heavy atom. The molecule has 1 aliphatic rings. The van der Waals surface area contributed by atoms with Crippen LogP contribution >= 0.6 is 27.5 Å². The van der Waals surface area contributed by atoms with Gasteiger partial charge in [0, 0.05) is 10.0 Å². The van der Waals surface area contributed by atoms with Gasteiger partial charge in [-0.2, -0.15) is 0 Å². The first kappa shape index (κ1) is 16.1. The summed E-state index contributed by atoms with van der Waals surface area (Å²) >= 11 is 9.69. The number of benzene rings is 1. The average molecular weight is 383 g/mol. The number of furan rings is 1. The molecule has 1 fully saturated rings. The van der Waals surface area contributed by atoms with Crippen molar-refractivity contribution in [1.29, 1.82) is 0 Å². The van der Waals surface area contributed by atoms with Crippen LogP contribution in [0.25, 0.3) is 11.3 Å². The van der Waals surface area contributed by atoms with E-state index in [9.17, 15) is 0 Å². The molecule has 3 rings (SSSR count). The van der Waals surface area contributed by atoms with Gasteiger partial charge in [0.1, 0.15) is 11.5 Å². The number of rotatable bonds is 5. The maximum absolute atomic E-state index is 6.27. The Hall–Kier alpha value is -0.770. The Labute approximate surface area is 145 Å². The van der Waals surface area contributed by atoms with Crippen LogP contribution in [0, 0.1) is 5.92 Å². The molecule has 0 aliphatic heterocycles. The fraction of sp³-hybridized carbons (Fsp3) is 0.444. The maximum atomic E-state index is 6.27. The Morgan fingerprint density at radius 2 is 1.95 bits per heavy atom. The topological polar surface area (TPSA) is 25.2 Å². The van der Waals surface area contributed by atoms with Crippen molar-refractivity contribution in [3.8, 4) is 11.3 Å². The summed E-state index contributed by atoms with van der Waals surface area (Å²) in [7, 11) is 0. The molecule has 2 nitrogen and oxygen atoms in total. The van der Waals surface area contributed by atoms with E-state index in [0.29, 0.717) is 5.02 Å². The third kappa shape index (κ3) is 4.15. The van der Waals surface area contributed by atoms with Crippen molar-refractivity contribution in [2.45, 2.75) is 38.6 Å². The summed E-state index contributed by atoms with van der Waals surface area (Å²) in [6, 6.07) is 9.87.